The predicted octanol–water partition coefficient (Wildman–Crippen LogP) is 4.57. The average molecular weight is 402 g/mol. The highest BCUT2D eigenvalue weighted by Crippen LogP contribution is 2.25. The maximum atomic E-state index is 12.3. The molecule has 0 saturated carbocycles. The second kappa shape index (κ2) is 8.02. The molecule has 0 atom stereocenters. The molecule has 0 bridgehead atoms. The molecule has 0 saturated heterocycles. The Hall–Kier alpha value is -3.87. The third-order valence-electron chi connectivity index (χ3n) is 3.90. The van der Waals surface area contributed by atoms with E-state index >= 15 is 0 Å². The third-order valence-corrected chi connectivity index (χ3v) is 3.90. The van der Waals surface area contributed by atoms with Crippen molar-refractivity contribution in [3.8, 4) is 11.8 Å². The molecule has 0 radical (unpaired) electrons. The molecule has 7 nitrogen and oxygen atoms in total. The Morgan fingerprint density at radius 3 is 2.69 bits per heavy atom. The second-order valence-corrected chi connectivity index (χ2v) is 6.03. The minimum Gasteiger partial charge on any atom is -0.484 e. The summed E-state index contributed by atoms with van der Waals surface area (Å²) >= 11 is 0. The fourth-order valence-electron chi connectivity index (χ4n) is 2.61. The lowest BCUT2D eigenvalue weighted by Gasteiger charge is -2.11. The van der Waals surface area contributed by atoms with Gasteiger partial charge in [-0.15, -0.1) is 0 Å². The summed E-state index contributed by atoms with van der Waals surface area (Å²) in [6, 6.07) is 13.6. The van der Waals surface area contributed by atoms with Crippen LogP contribution < -0.4 is 10.1 Å². The normalized spacial score (nSPS) is 11.1. The predicted molar refractivity (Wildman–Crippen MR) is 98.4 cm³/mol. The number of nitro benzene ring substituents is 1. The quantitative estimate of drug-likeness (QED) is 0.479. The second-order valence-electron chi connectivity index (χ2n) is 6.03. The van der Waals surface area contributed by atoms with E-state index in [1.54, 1.807) is 12.1 Å². The minimum atomic E-state index is -4.42. The van der Waals surface area contributed by atoms with Gasteiger partial charge in [-0.05, 0) is 29.8 Å². The summed E-state index contributed by atoms with van der Waals surface area (Å²) in [7, 11) is 0. The first-order valence-corrected chi connectivity index (χ1v) is 8.27. The average Bonchev–Trinajstić information content (AvgIpc) is 2.69. The standard InChI is InChI=1S/C19H13F3N4O3/c20-19(21,22)11-29-15-3-1-2-12(6-15)10-24-18-7-13(9-23)16-8-14(26(27)28)4-5-17(16)25-18/h1-8H,10-11H2,(H,24,25). The maximum Gasteiger partial charge on any atom is 0.422 e. The molecule has 0 aliphatic carbocycles. The van der Waals surface area contributed by atoms with Crippen molar-refractivity contribution in [3.05, 3.63) is 69.8 Å². The zero-order valence-corrected chi connectivity index (χ0v) is 14.7. The summed E-state index contributed by atoms with van der Waals surface area (Å²) in [6.07, 6.45) is -4.42. The van der Waals surface area contributed by atoms with Gasteiger partial charge in [-0.25, -0.2) is 4.98 Å². The largest absolute Gasteiger partial charge is 0.484 e. The lowest BCUT2D eigenvalue weighted by atomic mass is 10.1. The fourth-order valence-corrected chi connectivity index (χ4v) is 2.61. The first kappa shape index (κ1) is 19.9. The maximum absolute atomic E-state index is 12.3. The number of ether oxygens (including phenoxy) is 1. The number of nitriles is 1. The molecule has 3 aromatic rings. The van der Waals surface area contributed by atoms with Crippen LogP contribution in [0.25, 0.3) is 10.9 Å². The molecule has 3 rings (SSSR count). The number of alkyl halides is 3. The van der Waals surface area contributed by atoms with Crippen LogP contribution in [0.5, 0.6) is 5.75 Å². The highest BCUT2D eigenvalue weighted by molar-refractivity contribution is 5.88. The number of nitrogens with zero attached hydrogens (tertiary/aromatic N) is 3. The van der Waals surface area contributed by atoms with Gasteiger partial charge in [0.25, 0.3) is 5.69 Å². The number of rotatable bonds is 6. The molecule has 1 N–H and O–H groups in total. The molecular weight excluding hydrogens is 389 g/mol. The molecule has 29 heavy (non-hydrogen) atoms. The van der Waals surface area contributed by atoms with Gasteiger partial charge in [0.2, 0.25) is 0 Å². The summed E-state index contributed by atoms with van der Waals surface area (Å²) in [5, 5.41) is 23.6. The van der Waals surface area contributed by atoms with Crippen molar-refractivity contribution in [1.82, 2.24) is 4.98 Å². The van der Waals surface area contributed by atoms with Crippen LogP contribution in [0.3, 0.4) is 0 Å². The Balaban J connectivity index is 1.78. The van der Waals surface area contributed by atoms with Crippen LogP contribution in [-0.4, -0.2) is 22.7 Å². The van der Waals surface area contributed by atoms with Gasteiger partial charge < -0.3 is 10.1 Å². The van der Waals surface area contributed by atoms with E-state index in [2.05, 4.69) is 10.3 Å². The molecule has 0 aliphatic rings. The van der Waals surface area contributed by atoms with Crippen LogP contribution in [0.1, 0.15) is 11.1 Å². The summed E-state index contributed by atoms with van der Waals surface area (Å²) in [6.45, 7) is -1.16. The van der Waals surface area contributed by atoms with Gasteiger partial charge in [0.05, 0.1) is 22.1 Å². The van der Waals surface area contributed by atoms with E-state index in [9.17, 15) is 28.5 Å². The van der Waals surface area contributed by atoms with Crippen molar-refractivity contribution < 1.29 is 22.8 Å². The van der Waals surface area contributed by atoms with Crippen LogP contribution in [0.15, 0.2) is 48.5 Å². The van der Waals surface area contributed by atoms with Crippen LogP contribution in [0.4, 0.5) is 24.7 Å². The molecule has 0 fully saturated rings. The van der Waals surface area contributed by atoms with Gasteiger partial charge in [-0.1, -0.05) is 12.1 Å². The lowest BCUT2D eigenvalue weighted by molar-refractivity contribution is -0.384. The van der Waals surface area contributed by atoms with Gasteiger partial charge in [-0.3, -0.25) is 10.1 Å². The number of fused-ring (bicyclic) bond motifs is 1. The molecule has 0 amide bonds. The Labute approximate surface area is 162 Å². The SMILES string of the molecule is N#Cc1cc(NCc2cccc(OCC(F)(F)F)c2)nc2ccc([N+](=O)[O-])cc12. The number of hydrogen-bond donors (Lipinski definition) is 1. The number of nitro groups is 1. The summed E-state index contributed by atoms with van der Waals surface area (Å²) in [5.41, 5.74) is 1.11. The number of benzene rings is 2. The molecular formula is C19H13F3N4O3. The van der Waals surface area contributed by atoms with Crippen LogP contribution in [0.2, 0.25) is 0 Å². The van der Waals surface area contributed by atoms with E-state index in [1.165, 1.54) is 36.4 Å². The van der Waals surface area contributed by atoms with Crippen LogP contribution in [-0.2, 0) is 6.54 Å². The van der Waals surface area contributed by atoms with E-state index < -0.39 is 17.7 Å². The van der Waals surface area contributed by atoms with E-state index in [1.807, 2.05) is 6.07 Å². The third kappa shape index (κ3) is 5.10. The summed E-state index contributed by atoms with van der Waals surface area (Å²) in [4.78, 5) is 14.7. The Morgan fingerprint density at radius 1 is 1.21 bits per heavy atom. The lowest BCUT2D eigenvalue weighted by Crippen LogP contribution is -2.19. The van der Waals surface area contributed by atoms with Crippen molar-refractivity contribution in [2.75, 3.05) is 11.9 Å². The Kier molecular flexibility index (Phi) is 5.50. The van der Waals surface area contributed by atoms with E-state index in [0.29, 0.717) is 22.3 Å². The molecule has 10 heteroatoms. The van der Waals surface area contributed by atoms with Gasteiger partial charge in [0.1, 0.15) is 11.6 Å². The smallest absolute Gasteiger partial charge is 0.422 e. The van der Waals surface area contributed by atoms with Gasteiger partial charge in [0, 0.05) is 24.1 Å². The van der Waals surface area contributed by atoms with Crippen molar-refractivity contribution in [2.24, 2.45) is 0 Å². The number of hydrogen-bond acceptors (Lipinski definition) is 6. The first-order chi connectivity index (χ1) is 13.7. The first-order valence-electron chi connectivity index (χ1n) is 8.27. The van der Waals surface area contributed by atoms with Crippen LogP contribution >= 0.6 is 0 Å². The summed E-state index contributed by atoms with van der Waals surface area (Å²) in [5.74, 6) is 0.433. The summed E-state index contributed by atoms with van der Waals surface area (Å²) < 4.78 is 41.5. The van der Waals surface area contributed by atoms with Gasteiger partial charge in [-0.2, -0.15) is 18.4 Å². The molecule has 1 aromatic heterocycles. The number of halogens is 3. The molecule has 2 aromatic carbocycles. The molecule has 0 unspecified atom stereocenters. The van der Waals surface area contributed by atoms with Gasteiger partial charge in [0.15, 0.2) is 6.61 Å². The number of aromatic nitrogens is 1. The van der Waals surface area contributed by atoms with Crippen molar-refractivity contribution in [1.29, 1.82) is 5.26 Å². The number of pyridine rings is 1. The monoisotopic (exact) mass is 402 g/mol. The van der Waals surface area contributed by atoms with E-state index in [4.69, 9.17) is 4.74 Å². The molecule has 0 spiro atoms. The highest BCUT2D eigenvalue weighted by Gasteiger charge is 2.28. The minimum absolute atomic E-state index is 0.0816. The Bertz CT molecular complexity index is 1110. The van der Waals surface area contributed by atoms with Crippen molar-refractivity contribution in [2.45, 2.75) is 12.7 Å². The topological polar surface area (TPSA) is 101 Å². The van der Waals surface area contributed by atoms with Crippen molar-refractivity contribution in [3.63, 3.8) is 0 Å². The Morgan fingerprint density at radius 2 is 2.00 bits per heavy atom. The number of non-ortho nitro benzene ring substituents is 1. The van der Waals surface area contributed by atoms with E-state index in [-0.39, 0.29) is 23.5 Å². The number of anilines is 1. The van der Waals surface area contributed by atoms with Crippen molar-refractivity contribution >= 4 is 22.4 Å². The zero-order valence-electron chi connectivity index (χ0n) is 14.7. The zero-order chi connectivity index (χ0) is 21.0. The fraction of sp³-hybridized carbons (Fsp3) is 0.158. The molecule has 1 heterocycles. The number of nitrogens with one attached hydrogen (secondary N) is 1. The van der Waals surface area contributed by atoms with E-state index in [0.717, 1.165) is 0 Å². The van der Waals surface area contributed by atoms with Gasteiger partial charge >= 0.3 is 6.18 Å². The van der Waals surface area contributed by atoms with Crippen LogP contribution in [0, 0.1) is 21.4 Å². The molecule has 0 aliphatic heterocycles. The molecule has 148 valence electrons. The highest BCUT2D eigenvalue weighted by atomic mass is 19.4.